The Hall–Kier alpha value is -1.02. The molecule has 0 aromatic heterocycles. The zero-order valence-electron chi connectivity index (χ0n) is 7.42. The fourth-order valence-corrected chi connectivity index (χ4v) is 1.27. The van der Waals surface area contributed by atoms with Gasteiger partial charge in [-0.05, 0) is 12.1 Å². The van der Waals surface area contributed by atoms with E-state index in [9.17, 15) is 4.79 Å². The van der Waals surface area contributed by atoms with Gasteiger partial charge in [0, 0.05) is 12.3 Å². The van der Waals surface area contributed by atoms with Crippen molar-refractivity contribution in [3.05, 3.63) is 29.8 Å². The number of benzene rings is 1. The topological polar surface area (TPSA) is 26.3 Å². The summed E-state index contributed by atoms with van der Waals surface area (Å²) in [5, 5.41) is 0. The number of carbonyl (C=O) groups excluding carboxylic acids is 1. The van der Waals surface area contributed by atoms with E-state index in [0.717, 1.165) is 0 Å². The summed E-state index contributed by atoms with van der Waals surface area (Å²) in [7, 11) is 1.55. The van der Waals surface area contributed by atoms with Gasteiger partial charge in [-0.15, -0.1) is 11.6 Å². The average Bonchev–Trinajstić information content (AvgIpc) is 2.18. The van der Waals surface area contributed by atoms with Crippen molar-refractivity contribution in [1.82, 2.24) is 0 Å². The van der Waals surface area contributed by atoms with E-state index in [4.69, 9.17) is 16.3 Å². The molecule has 0 fully saturated rings. The van der Waals surface area contributed by atoms with E-state index in [0.29, 0.717) is 23.6 Å². The van der Waals surface area contributed by atoms with Crippen LogP contribution in [0.15, 0.2) is 24.3 Å². The molecule has 0 saturated heterocycles. The summed E-state index contributed by atoms with van der Waals surface area (Å²) < 4.78 is 5.05. The Labute approximate surface area is 82.5 Å². The number of Topliss-reactive ketones (excluding diaryl/α,β-unsaturated/α-hetero) is 1. The molecule has 0 atom stereocenters. The molecule has 0 aliphatic heterocycles. The zero-order chi connectivity index (χ0) is 9.68. The number of halogens is 1. The lowest BCUT2D eigenvalue weighted by molar-refractivity contribution is 0.0986. The van der Waals surface area contributed by atoms with Crippen molar-refractivity contribution in [3.63, 3.8) is 0 Å². The largest absolute Gasteiger partial charge is 0.496 e. The lowest BCUT2D eigenvalue weighted by Gasteiger charge is -2.05. The summed E-state index contributed by atoms with van der Waals surface area (Å²) >= 11 is 5.48. The van der Waals surface area contributed by atoms with Crippen molar-refractivity contribution in [2.24, 2.45) is 0 Å². The van der Waals surface area contributed by atoms with Gasteiger partial charge in [0.2, 0.25) is 0 Å². The molecular weight excluding hydrogens is 188 g/mol. The summed E-state index contributed by atoms with van der Waals surface area (Å²) in [6.07, 6.45) is 0.349. The first kappa shape index (κ1) is 10.1. The quantitative estimate of drug-likeness (QED) is 0.549. The van der Waals surface area contributed by atoms with Crippen LogP contribution in [0.2, 0.25) is 0 Å². The van der Waals surface area contributed by atoms with Gasteiger partial charge in [0.25, 0.3) is 0 Å². The summed E-state index contributed by atoms with van der Waals surface area (Å²) in [4.78, 5) is 11.5. The minimum absolute atomic E-state index is 0.0208. The molecule has 3 heteroatoms. The van der Waals surface area contributed by atoms with Crippen LogP contribution in [0.5, 0.6) is 5.75 Å². The summed E-state index contributed by atoms with van der Waals surface area (Å²) in [6.45, 7) is 0. The Morgan fingerprint density at radius 2 is 2.15 bits per heavy atom. The number of carbonyl (C=O) groups is 1. The van der Waals surface area contributed by atoms with Crippen LogP contribution in [0, 0.1) is 0 Å². The van der Waals surface area contributed by atoms with Gasteiger partial charge < -0.3 is 4.74 Å². The van der Waals surface area contributed by atoms with E-state index in [1.165, 1.54) is 0 Å². The molecule has 0 unspecified atom stereocenters. The standard InChI is InChI=1S/C10H11ClO2/c1-13-10-5-3-2-4-8(10)9(12)6-7-11/h2-5H,6-7H2,1H3. The second kappa shape index (κ2) is 4.87. The molecule has 1 aromatic rings. The van der Waals surface area contributed by atoms with Crippen molar-refractivity contribution in [2.75, 3.05) is 13.0 Å². The molecule has 0 aliphatic carbocycles. The minimum Gasteiger partial charge on any atom is -0.496 e. The zero-order valence-corrected chi connectivity index (χ0v) is 8.17. The number of alkyl halides is 1. The lowest BCUT2D eigenvalue weighted by atomic mass is 10.1. The Kier molecular flexibility index (Phi) is 3.77. The smallest absolute Gasteiger partial charge is 0.167 e. The van der Waals surface area contributed by atoms with Crippen LogP contribution in [0.25, 0.3) is 0 Å². The van der Waals surface area contributed by atoms with Crippen LogP contribution in [0.3, 0.4) is 0 Å². The van der Waals surface area contributed by atoms with Crippen molar-refractivity contribution < 1.29 is 9.53 Å². The minimum atomic E-state index is 0.0208. The van der Waals surface area contributed by atoms with Gasteiger partial charge in [-0.3, -0.25) is 4.79 Å². The third-order valence-electron chi connectivity index (χ3n) is 1.73. The van der Waals surface area contributed by atoms with Crippen LogP contribution in [0.1, 0.15) is 16.8 Å². The second-order valence-corrected chi connectivity index (χ2v) is 2.94. The number of rotatable bonds is 4. The van der Waals surface area contributed by atoms with Crippen LogP contribution >= 0.6 is 11.6 Å². The SMILES string of the molecule is COc1ccccc1C(=O)CCCl. The fraction of sp³-hybridized carbons (Fsp3) is 0.300. The van der Waals surface area contributed by atoms with Crippen molar-refractivity contribution in [1.29, 1.82) is 0 Å². The maximum Gasteiger partial charge on any atom is 0.167 e. The molecule has 70 valence electrons. The predicted molar refractivity (Wildman–Crippen MR) is 52.7 cm³/mol. The third-order valence-corrected chi connectivity index (χ3v) is 1.92. The number of ketones is 1. The van der Waals surface area contributed by atoms with E-state index >= 15 is 0 Å². The van der Waals surface area contributed by atoms with Gasteiger partial charge >= 0.3 is 0 Å². The molecule has 0 saturated carbocycles. The molecule has 0 N–H and O–H groups in total. The maximum atomic E-state index is 11.5. The van der Waals surface area contributed by atoms with Crippen molar-refractivity contribution in [2.45, 2.75) is 6.42 Å². The molecule has 13 heavy (non-hydrogen) atoms. The summed E-state index contributed by atoms with van der Waals surface area (Å²) in [5.41, 5.74) is 0.602. The van der Waals surface area contributed by atoms with Crippen LogP contribution in [0.4, 0.5) is 0 Å². The highest BCUT2D eigenvalue weighted by molar-refractivity contribution is 6.19. The van der Waals surface area contributed by atoms with Gasteiger partial charge in [0.05, 0.1) is 12.7 Å². The molecular formula is C10H11ClO2. The number of methoxy groups -OCH3 is 1. The first-order valence-corrected chi connectivity index (χ1v) is 4.55. The Bertz CT molecular complexity index is 297. The first-order valence-electron chi connectivity index (χ1n) is 4.01. The van der Waals surface area contributed by atoms with Crippen molar-refractivity contribution >= 4 is 17.4 Å². The van der Waals surface area contributed by atoms with E-state index in [2.05, 4.69) is 0 Å². The third kappa shape index (κ3) is 2.46. The van der Waals surface area contributed by atoms with Crippen LogP contribution in [-0.2, 0) is 0 Å². The van der Waals surface area contributed by atoms with Gasteiger partial charge in [-0.2, -0.15) is 0 Å². The fourth-order valence-electron chi connectivity index (χ4n) is 1.10. The lowest BCUT2D eigenvalue weighted by Crippen LogP contribution is -2.02. The molecule has 0 amide bonds. The Morgan fingerprint density at radius 3 is 2.77 bits per heavy atom. The maximum absolute atomic E-state index is 11.5. The highest BCUT2D eigenvalue weighted by Crippen LogP contribution is 2.18. The van der Waals surface area contributed by atoms with Crippen LogP contribution < -0.4 is 4.74 Å². The van der Waals surface area contributed by atoms with Crippen molar-refractivity contribution in [3.8, 4) is 5.75 Å². The highest BCUT2D eigenvalue weighted by atomic mass is 35.5. The monoisotopic (exact) mass is 198 g/mol. The number of ether oxygens (including phenoxy) is 1. The van der Waals surface area contributed by atoms with Gasteiger partial charge in [-0.1, -0.05) is 12.1 Å². The summed E-state index contributed by atoms with van der Waals surface area (Å²) in [5.74, 6) is 0.974. The molecule has 0 bridgehead atoms. The highest BCUT2D eigenvalue weighted by Gasteiger charge is 2.09. The normalized spacial score (nSPS) is 9.69. The number of para-hydroxylation sites is 1. The first-order chi connectivity index (χ1) is 6.29. The van der Waals surface area contributed by atoms with E-state index in [-0.39, 0.29) is 5.78 Å². The van der Waals surface area contributed by atoms with Gasteiger partial charge in [-0.25, -0.2) is 0 Å². The van der Waals surface area contributed by atoms with E-state index in [1.54, 1.807) is 19.2 Å². The Balaban J connectivity index is 2.92. The number of hydrogen-bond donors (Lipinski definition) is 0. The number of hydrogen-bond acceptors (Lipinski definition) is 2. The van der Waals surface area contributed by atoms with Gasteiger partial charge in [0.15, 0.2) is 5.78 Å². The predicted octanol–water partition coefficient (Wildman–Crippen LogP) is 2.51. The molecule has 0 aliphatic rings. The van der Waals surface area contributed by atoms with E-state index < -0.39 is 0 Å². The molecule has 0 radical (unpaired) electrons. The molecule has 1 rings (SSSR count). The molecule has 0 heterocycles. The average molecular weight is 199 g/mol. The van der Waals surface area contributed by atoms with Crippen LogP contribution in [-0.4, -0.2) is 18.8 Å². The molecule has 0 spiro atoms. The molecule has 2 nitrogen and oxygen atoms in total. The molecule has 1 aromatic carbocycles. The summed E-state index contributed by atoms with van der Waals surface area (Å²) in [6, 6.07) is 7.15. The van der Waals surface area contributed by atoms with E-state index in [1.807, 2.05) is 12.1 Å². The van der Waals surface area contributed by atoms with Gasteiger partial charge in [0.1, 0.15) is 5.75 Å². The Morgan fingerprint density at radius 1 is 1.46 bits per heavy atom. The second-order valence-electron chi connectivity index (χ2n) is 2.56.